The third kappa shape index (κ3) is 1.99. The van der Waals surface area contributed by atoms with E-state index in [0.717, 1.165) is 12.1 Å². The largest absolute Gasteiger partial charge is 0.495 e. The van der Waals surface area contributed by atoms with Crippen LogP contribution >= 0.6 is 0 Å². The summed E-state index contributed by atoms with van der Waals surface area (Å²) in [6.45, 7) is 0. The predicted molar refractivity (Wildman–Crippen MR) is 45.9 cm³/mol. The molecule has 0 bridgehead atoms. The van der Waals surface area contributed by atoms with Gasteiger partial charge in [0.25, 0.3) is 0 Å². The number of ether oxygens (including phenoxy) is 1. The average molecular weight is 200 g/mol. The van der Waals surface area contributed by atoms with E-state index >= 15 is 0 Å². The summed E-state index contributed by atoms with van der Waals surface area (Å²) in [5.41, 5.74) is -0.673. The lowest BCUT2D eigenvalue weighted by Crippen LogP contribution is -2.05. The summed E-state index contributed by atoms with van der Waals surface area (Å²) in [7, 11) is 1.35. The van der Waals surface area contributed by atoms with Gasteiger partial charge in [0.15, 0.2) is 0 Å². The highest BCUT2D eigenvalue weighted by molar-refractivity contribution is 5.47. The van der Waals surface area contributed by atoms with E-state index in [9.17, 15) is 13.2 Å². The molecule has 1 aromatic carbocycles. The molecule has 0 aromatic heterocycles. The summed E-state index contributed by atoms with van der Waals surface area (Å²) >= 11 is 0. The Balaban J connectivity index is 3.23. The number of terminal acetylenes is 1. The zero-order chi connectivity index (χ0) is 10.8. The molecule has 0 aliphatic carbocycles. The van der Waals surface area contributed by atoms with Crippen molar-refractivity contribution in [1.29, 1.82) is 0 Å². The second-order valence-corrected chi connectivity index (χ2v) is 2.56. The minimum absolute atomic E-state index is 0.0994. The normalized spacial score (nSPS) is 10.8. The third-order valence-corrected chi connectivity index (χ3v) is 1.68. The number of hydrogen-bond acceptors (Lipinski definition) is 1. The van der Waals surface area contributed by atoms with Crippen LogP contribution in [-0.4, -0.2) is 7.11 Å². The highest BCUT2D eigenvalue weighted by Gasteiger charge is 2.30. The van der Waals surface area contributed by atoms with E-state index < -0.39 is 11.7 Å². The van der Waals surface area contributed by atoms with Crippen LogP contribution < -0.4 is 4.74 Å². The van der Waals surface area contributed by atoms with Crippen molar-refractivity contribution in [3.05, 3.63) is 29.3 Å². The van der Waals surface area contributed by atoms with E-state index in [1.54, 1.807) is 0 Å². The highest BCUT2D eigenvalue weighted by atomic mass is 19.4. The Morgan fingerprint density at radius 2 is 2.00 bits per heavy atom. The van der Waals surface area contributed by atoms with Gasteiger partial charge in [-0.05, 0) is 18.2 Å². The Bertz CT molecular complexity index is 374. The van der Waals surface area contributed by atoms with E-state index in [0.29, 0.717) is 0 Å². The molecule has 0 unspecified atom stereocenters. The van der Waals surface area contributed by atoms with E-state index in [1.165, 1.54) is 13.2 Å². The molecular formula is C10H7F3O. The molecule has 1 aromatic rings. The van der Waals surface area contributed by atoms with Crippen LogP contribution in [0.5, 0.6) is 5.75 Å². The van der Waals surface area contributed by atoms with Gasteiger partial charge in [0.1, 0.15) is 5.75 Å². The lowest BCUT2D eigenvalue weighted by molar-refractivity contribution is -0.137. The van der Waals surface area contributed by atoms with Crippen molar-refractivity contribution in [2.24, 2.45) is 0 Å². The van der Waals surface area contributed by atoms with Crippen molar-refractivity contribution in [2.45, 2.75) is 6.18 Å². The summed E-state index contributed by atoms with van der Waals surface area (Å²) in [4.78, 5) is 0. The molecule has 0 fully saturated rings. The fraction of sp³-hybridized carbons (Fsp3) is 0.200. The minimum Gasteiger partial charge on any atom is -0.495 e. The fourth-order valence-corrected chi connectivity index (χ4v) is 0.997. The van der Waals surface area contributed by atoms with Crippen molar-refractivity contribution in [3.63, 3.8) is 0 Å². The first kappa shape index (κ1) is 10.5. The molecule has 0 atom stereocenters. The van der Waals surface area contributed by atoms with E-state index in [1.807, 2.05) is 0 Å². The second kappa shape index (κ2) is 3.62. The zero-order valence-electron chi connectivity index (χ0n) is 7.35. The summed E-state index contributed by atoms with van der Waals surface area (Å²) in [6, 6.07) is 3.02. The smallest absolute Gasteiger partial charge is 0.416 e. The lowest BCUT2D eigenvalue weighted by Gasteiger charge is -2.09. The summed E-state index contributed by atoms with van der Waals surface area (Å²) in [6.07, 6.45) is 0.664. The van der Waals surface area contributed by atoms with Crippen LogP contribution in [0.2, 0.25) is 0 Å². The van der Waals surface area contributed by atoms with Crippen molar-refractivity contribution in [2.75, 3.05) is 7.11 Å². The topological polar surface area (TPSA) is 9.23 Å². The quantitative estimate of drug-likeness (QED) is 0.633. The molecule has 0 heterocycles. The van der Waals surface area contributed by atoms with Crippen LogP contribution in [0.4, 0.5) is 13.2 Å². The number of rotatable bonds is 1. The Labute approximate surface area is 79.5 Å². The first-order chi connectivity index (χ1) is 6.49. The van der Waals surface area contributed by atoms with Gasteiger partial charge in [0.2, 0.25) is 0 Å². The van der Waals surface area contributed by atoms with Crippen LogP contribution in [0.15, 0.2) is 18.2 Å². The van der Waals surface area contributed by atoms with Crippen LogP contribution in [0.25, 0.3) is 0 Å². The predicted octanol–water partition coefficient (Wildman–Crippen LogP) is 2.70. The Morgan fingerprint density at radius 1 is 1.36 bits per heavy atom. The number of halogens is 3. The SMILES string of the molecule is C#Cc1cc(C(F)(F)F)ccc1OC. The molecule has 0 amide bonds. The van der Waals surface area contributed by atoms with Crippen molar-refractivity contribution in [1.82, 2.24) is 0 Å². The molecule has 0 radical (unpaired) electrons. The maximum absolute atomic E-state index is 12.2. The number of hydrogen-bond donors (Lipinski definition) is 0. The van der Waals surface area contributed by atoms with Crippen molar-refractivity contribution < 1.29 is 17.9 Å². The van der Waals surface area contributed by atoms with Gasteiger partial charge in [0.05, 0.1) is 18.2 Å². The van der Waals surface area contributed by atoms with Crippen molar-refractivity contribution >= 4 is 0 Å². The molecule has 0 saturated heterocycles. The van der Waals surface area contributed by atoms with Gasteiger partial charge in [-0.25, -0.2) is 0 Å². The van der Waals surface area contributed by atoms with E-state index in [-0.39, 0.29) is 11.3 Å². The average Bonchev–Trinajstić information content (AvgIpc) is 2.15. The number of benzene rings is 1. The molecule has 4 heteroatoms. The second-order valence-electron chi connectivity index (χ2n) is 2.56. The molecule has 0 aliphatic rings. The van der Waals surface area contributed by atoms with Gasteiger partial charge in [-0.1, -0.05) is 5.92 Å². The summed E-state index contributed by atoms with van der Waals surface area (Å²) in [5, 5.41) is 0. The monoisotopic (exact) mass is 200 g/mol. The minimum atomic E-state index is -4.38. The molecule has 14 heavy (non-hydrogen) atoms. The number of alkyl halides is 3. The van der Waals surface area contributed by atoms with Crippen LogP contribution in [-0.2, 0) is 6.18 Å². The Morgan fingerprint density at radius 3 is 2.43 bits per heavy atom. The Kier molecular flexibility index (Phi) is 2.70. The highest BCUT2D eigenvalue weighted by Crippen LogP contribution is 2.32. The van der Waals surface area contributed by atoms with Crippen LogP contribution in [0, 0.1) is 12.3 Å². The van der Waals surface area contributed by atoms with Crippen LogP contribution in [0.1, 0.15) is 11.1 Å². The summed E-state index contributed by atoms with van der Waals surface area (Å²) in [5.74, 6) is 2.40. The van der Waals surface area contributed by atoms with Gasteiger partial charge in [-0.2, -0.15) is 13.2 Å². The first-order valence-electron chi connectivity index (χ1n) is 3.71. The van der Waals surface area contributed by atoms with Gasteiger partial charge < -0.3 is 4.74 Å². The zero-order valence-corrected chi connectivity index (χ0v) is 7.35. The van der Waals surface area contributed by atoms with E-state index in [2.05, 4.69) is 5.92 Å². The van der Waals surface area contributed by atoms with Gasteiger partial charge in [-0.3, -0.25) is 0 Å². The van der Waals surface area contributed by atoms with Crippen molar-refractivity contribution in [3.8, 4) is 18.1 Å². The van der Waals surface area contributed by atoms with Crippen LogP contribution in [0.3, 0.4) is 0 Å². The summed E-state index contributed by atoms with van der Waals surface area (Å²) < 4.78 is 41.5. The van der Waals surface area contributed by atoms with Gasteiger partial charge in [-0.15, -0.1) is 6.42 Å². The van der Waals surface area contributed by atoms with Gasteiger partial charge >= 0.3 is 6.18 Å². The molecule has 1 rings (SSSR count). The molecular weight excluding hydrogens is 193 g/mol. The molecule has 1 nitrogen and oxygen atoms in total. The third-order valence-electron chi connectivity index (χ3n) is 1.68. The first-order valence-corrected chi connectivity index (χ1v) is 3.71. The molecule has 0 aliphatic heterocycles. The van der Waals surface area contributed by atoms with E-state index in [4.69, 9.17) is 11.2 Å². The fourth-order valence-electron chi connectivity index (χ4n) is 0.997. The lowest BCUT2D eigenvalue weighted by atomic mass is 10.1. The molecule has 0 spiro atoms. The maximum Gasteiger partial charge on any atom is 0.416 e. The Hall–Kier alpha value is -1.63. The standard InChI is InChI=1S/C10H7F3O/c1-3-7-6-8(10(11,12)13)4-5-9(7)14-2/h1,4-6H,2H3. The number of methoxy groups -OCH3 is 1. The maximum atomic E-state index is 12.2. The van der Waals surface area contributed by atoms with Gasteiger partial charge in [0, 0.05) is 0 Å². The molecule has 74 valence electrons. The molecule has 0 saturated carbocycles. The molecule has 0 N–H and O–H groups in total.